The van der Waals surface area contributed by atoms with E-state index < -0.39 is 64.9 Å². The lowest BCUT2D eigenvalue weighted by Crippen LogP contribution is -2.60. The van der Waals surface area contributed by atoms with Crippen molar-refractivity contribution < 1.29 is 38.2 Å². The first-order chi connectivity index (χ1) is 22.6. The Morgan fingerprint density at radius 1 is 1.02 bits per heavy atom. The molecule has 2 aromatic carbocycles. The monoisotopic (exact) mass is 701 g/mol. The Labute approximate surface area is 291 Å². The van der Waals surface area contributed by atoms with Crippen molar-refractivity contribution in [1.82, 2.24) is 20.0 Å². The summed E-state index contributed by atoms with van der Waals surface area (Å²) in [5, 5.41) is 12.2. The molecule has 0 aliphatic carbocycles. The van der Waals surface area contributed by atoms with Crippen LogP contribution in [-0.2, 0) is 36.6 Å². The van der Waals surface area contributed by atoms with Crippen LogP contribution in [0.4, 0.5) is 9.18 Å². The summed E-state index contributed by atoms with van der Waals surface area (Å²) >= 11 is 0. The molecule has 11 nitrogen and oxygen atoms in total. The van der Waals surface area contributed by atoms with Gasteiger partial charge in [0.1, 0.15) is 29.3 Å². The van der Waals surface area contributed by atoms with E-state index in [1.54, 1.807) is 65.0 Å². The first-order valence-corrected chi connectivity index (χ1v) is 18.1. The van der Waals surface area contributed by atoms with Gasteiger partial charge in [0.25, 0.3) is 5.91 Å². The van der Waals surface area contributed by atoms with Gasteiger partial charge in [0, 0.05) is 30.1 Å². The number of carbonyl (C=O) groups excluding carboxylic acids is 4. The second-order valence-electron chi connectivity index (χ2n) is 14.6. The van der Waals surface area contributed by atoms with Gasteiger partial charge in [0.2, 0.25) is 11.8 Å². The molecule has 5 atom stereocenters. The second kappa shape index (κ2) is 15.6. The molecule has 0 spiro atoms. The van der Waals surface area contributed by atoms with Crippen LogP contribution in [0.5, 0.6) is 0 Å². The number of likely N-dealkylation sites (N-methyl/N-ethyl adjacent to an activating group) is 1. The summed E-state index contributed by atoms with van der Waals surface area (Å²) in [4.78, 5) is 70.7. The third-order valence-corrected chi connectivity index (χ3v) is 10.1. The van der Waals surface area contributed by atoms with Crippen LogP contribution in [0.25, 0.3) is 0 Å². The molecule has 2 unspecified atom stereocenters. The van der Waals surface area contributed by atoms with Gasteiger partial charge in [-0.3, -0.25) is 24.2 Å². The average Bonchev–Trinajstić information content (AvgIpc) is 3.41. The molecule has 1 saturated heterocycles. The number of amides is 4. The number of rotatable bonds is 10. The summed E-state index contributed by atoms with van der Waals surface area (Å²) in [7, 11) is 1.09. The SMILES string of the molecule is C[C@H](c1ccccc1F)N(Cc1ccc(C(=O)O)cc1)C(=O)[C@@H]1C[S+](C)CN1C(=O)C(NC(=O)[C@H](C)N(C)C(=O)OC(C)(C)C)C(C)(C)C. The van der Waals surface area contributed by atoms with Gasteiger partial charge in [-0.1, -0.05) is 51.1 Å². The van der Waals surface area contributed by atoms with Crippen LogP contribution in [0.15, 0.2) is 48.5 Å². The highest BCUT2D eigenvalue weighted by Gasteiger charge is 2.50. The maximum Gasteiger partial charge on any atom is 0.410 e. The van der Waals surface area contributed by atoms with Crippen LogP contribution in [0.3, 0.4) is 0 Å². The van der Waals surface area contributed by atoms with Gasteiger partial charge in [-0.15, -0.1) is 0 Å². The molecular formula is C36H50FN4O7S+. The topological polar surface area (TPSA) is 137 Å². The number of halogens is 1. The molecule has 13 heteroatoms. The van der Waals surface area contributed by atoms with Crippen LogP contribution in [0, 0.1) is 11.2 Å². The number of hydrogen-bond acceptors (Lipinski definition) is 6. The predicted molar refractivity (Wildman–Crippen MR) is 187 cm³/mol. The van der Waals surface area contributed by atoms with Crippen molar-refractivity contribution in [3.8, 4) is 0 Å². The zero-order valence-corrected chi connectivity index (χ0v) is 30.9. The molecule has 1 aliphatic heterocycles. The van der Waals surface area contributed by atoms with Crippen molar-refractivity contribution in [3.63, 3.8) is 0 Å². The Bertz CT molecular complexity index is 1540. The molecule has 1 heterocycles. The van der Waals surface area contributed by atoms with Gasteiger partial charge in [0.15, 0.2) is 11.9 Å². The highest BCUT2D eigenvalue weighted by atomic mass is 32.2. The number of nitrogens with zero attached hydrogens (tertiary/aromatic N) is 3. The summed E-state index contributed by atoms with van der Waals surface area (Å²) in [6.07, 6.45) is 1.28. The molecule has 49 heavy (non-hydrogen) atoms. The molecule has 0 aromatic heterocycles. The van der Waals surface area contributed by atoms with E-state index in [9.17, 15) is 29.1 Å². The molecule has 268 valence electrons. The lowest BCUT2D eigenvalue weighted by Gasteiger charge is -2.37. The lowest BCUT2D eigenvalue weighted by atomic mass is 9.85. The van der Waals surface area contributed by atoms with Gasteiger partial charge < -0.3 is 20.1 Å². The zero-order chi connectivity index (χ0) is 37.0. The Morgan fingerprint density at radius 2 is 1.61 bits per heavy atom. The Hall–Kier alpha value is -4.13. The number of carboxylic acid groups (broad SMARTS) is 1. The van der Waals surface area contributed by atoms with E-state index in [0.717, 1.165) is 0 Å². The highest BCUT2D eigenvalue weighted by molar-refractivity contribution is 7.96. The minimum Gasteiger partial charge on any atom is -0.478 e. The summed E-state index contributed by atoms with van der Waals surface area (Å²) in [6.45, 7) is 13.9. The van der Waals surface area contributed by atoms with Crippen molar-refractivity contribution in [2.24, 2.45) is 5.41 Å². The highest BCUT2D eigenvalue weighted by Crippen LogP contribution is 2.31. The molecule has 0 bridgehead atoms. The predicted octanol–water partition coefficient (Wildman–Crippen LogP) is 4.82. The van der Waals surface area contributed by atoms with Crippen molar-refractivity contribution in [2.75, 3.05) is 24.9 Å². The number of carboxylic acids is 1. The van der Waals surface area contributed by atoms with Crippen LogP contribution >= 0.6 is 0 Å². The molecule has 1 fully saturated rings. The molecule has 2 N–H and O–H groups in total. The number of benzene rings is 2. The van der Waals surface area contributed by atoms with E-state index >= 15 is 4.39 Å². The van der Waals surface area contributed by atoms with Crippen molar-refractivity contribution in [3.05, 3.63) is 71.0 Å². The van der Waals surface area contributed by atoms with E-state index in [1.807, 2.05) is 27.0 Å². The first-order valence-electron chi connectivity index (χ1n) is 16.1. The van der Waals surface area contributed by atoms with Crippen molar-refractivity contribution in [2.45, 2.75) is 91.7 Å². The van der Waals surface area contributed by atoms with E-state index in [2.05, 4.69) is 5.32 Å². The van der Waals surface area contributed by atoms with E-state index in [1.165, 1.54) is 39.9 Å². The van der Waals surface area contributed by atoms with Gasteiger partial charge >= 0.3 is 12.1 Å². The molecular weight excluding hydrogens is 651 g/mol. The first kappa shape index (κ1) is 39.3. The summed E-state index contributed by atoms with van der Waals surface area (Å²) in [5.41, 5.74) is -0.512. The maximum absolute atomic E-state index is 15.1. The fourth-order valence-electron chi connectivity index (χ4n) is 5.44. The third kappa shape index (κ3) is 9.96. The van der Waals surface area contributed by atoms with E-state index in [-0.39, 0.29) is 28.9 Å². The summed E-state index contributed by atoms with van der Waals surface area (Å²) in [5.74, 6) is -2.27. The van der Waals surface area contributed by atoms with Crippen molar-refractivity contribution >= 4 is 40.7 Å². The number of carbonyl (C=O) groups is 5. The maximum atomic E-state index is 15.1. The van der Waals surface area contributed by atoms with Crippen LogP contribution < -0.4 is 5.32 Å². The van der Waals surface area contributed by atoms with Gasteiger partial charge in [-0.05, 0) is 63.8 Å². The fourth-order valence-corrected chi connectivity index (χ4v) is 7.18. The quantitative estimate of drug-likeness (QED) is 0.339. The minimum atomic E-state index is -1.08. The standard InChI is InChI=1S/C36H49FN4O7S/c1-22(26-13-11-12-14-27(26)37)40(19-24-15-17-25(18-16-24)33(45)46)31(43)28-20-49(10)21-41(28)32(44)29(35(3,4)5)38-30(42)23(2)39(9)34(47)48-36(6,7)8/h11-18,22-23,28-29H,19-21H2,1-10H3,(H-,38,42,45,46)/p+1/t22-,23+,28+,29?,49?/m1/s1. The molecule has 4 amide bonds. The van der Waals surface area contributed by atoms with Crippen LogP contribution in [-0.4, -0.2) is 98.2 Å². The molecule has 1 aliphatic rings. The van der Waals surface area contributed by atoms with E-state index in [0.29, 0.717) is 22.8 Å². The van der Waals surface area contributed by atoms with Gasteiger partial charge in [-0.25, -0.2) is 14.0 Å². The third-order valence-electron chi connectivity index (χ3n) is 8.45. The van der Waals surface area contributed by atoms with Gasteiger partial charge in [-0.2, -0.15) is 0 Å². The smallest absolute Gasteiger partial charge is 0.410 e. The fraction of sp³-hybridized carbons (Fsp3) is 0.528. The summed E-state index contributed by atoms with van der Waals surface area (Å²) in [6, 6.07) is 8.67. The molecule has 0 saturated carbocycles. The van der Waals surface area contributed by atoms with Crippen LogP contribution in [0.2, 0.25) is 0 Å². The Balaban J connectivity index is 1.94. The van der Waals surface area contributed by atoms with Crippen LogP contribution in [0.1, 0.15) is 82.9 Å². The number of hydrogen-bond donors (Lipinski definition) is 2. The largest absolute Gasteiger partial charge is 0.478 e. The van der Waals surface area contributed by atoms with E-state index in [4.69, 9.17) is 4.74 Å². The zero-order valence-electron chi connectivity index (χ0n) is 30.1. The minimum absolute atomic E-state index is 0.0399. The Kier molecular flexibility index (Phi) is 12.5. The lowest BCUT2D eigenvalue weighted by molar-refractivity contribution is -0.148. The normalized spacial score (nSPS) is 18.2. The number of aromatic carboxylic acids is 1. The molecule has 2 aromatic rings. The molecule has 0 radical (unpaired) electrons. The Morgan fingerprint density at radius 3 is 2.14 bits per heavy atom. The number of ether oxygens (including phenoxy) is 1. The van der Waals surface area contributed by atoms with Crippen molar-refractivity contribution in [1.29, 1.82) is 0 Å². The average molecular weight is 702 g/mol. The number of nitrogens with one attached hydrogen (secondary N) is 1. The molecule has 3 rings (SSSR count). The van der Waals surface area contributed by atoms with Gasteiger partial charge in [0.05, 0.1) is 17.9 Å². The summed E-state index contributed by atoms with van der Waals surface area (Å²) < 4.78 is 20.5. The second-order valence-corrected chi connectivity index (χ2v) is 16.8.